The van der Waals surface area contributed by atoms with Gasteiger partial charge in [-0.1, -0.05) is 30.3 Å². The molecule has 1 atom stereocenters. The van der Waals surface area contributed by atoms with Crippen molar-refractivity contribution in [3.63, 3.8) is 0 Å². The van der Waals surface area contributed by atoms with Crippen molar-refractivity contribution in [1.82, 2.24) is 5.32 Å². The number of amides is 1. The fraction of sp³-hybridized carbons (Fsp3) is 0.167. The first-order valence-electron chi connectivity index (χ1n) is 9.77. The van der Waals surface area contributed by atoms with Gasteiger partial charge in [0.05, 0.1) is 5.57 Å². The molecule has 2 aromatic carbocycles. The lowest BCUT2D eigenvalue weighted by Gasteiger charge is -2.19. The summed E-state index contributed by atoms with van der Waals surface area (Å²) in [5.74, 6) is -1.99. The highest BCUT2D eigenvalue weighted by atomic mass is 32.1. The molecule has 0 radical (unpaired) electrons. The minimum absolute atomic E-state index is 0.0701. The van der Waals surface area contributed by atoms with Crippen molar-refractivity contribution in [1.29, 1.82) is 0 Å². The summed E-state index contributed by atoms with van der Waals surface area (Å²) in [5.41, 5.74) is 1.23. The summed E-state index contributed by atoms with van der Waals surface area (Å²) >= 11 is 1.34. The maximum atomic E-state index is 13.4. The largest absolute Gasteiger partial charge is 0.444 e. The molecule has 4 nitrogen and oxygen atoms in total. The number of hydrogen-bond acceptors (Lipinski definition) is 4. The molecule has 0 spiro atoms. The molecule has 1 fully saturated rings. The zero-order chi connectivity index (χ0) is 21.8. The van der Waals surface area contributed by atoms with Gasteiger partial charge in [-0.2, -0.15) is 0 Å². The Morgan fingerprint density at radius 2 is 1.65 bits per heavy atom. The minimum Gasteiger partial charge on any atom is -0.444 e. The standard InChI is InChI=1S/C24H19F2NO3S/c25-17-7-3-15(4-8-17)14-20(21-2-1-13-31-21)24(29)30-22(23(28)27-19-11-12-19)16-5-9-18(26)10-6-16/h1-10,13-14,19,22H,11-12H2,(H,27,28)/b20-14+. The third kappa shape index (κ3) is 5.44. The molecule has 1 saturated carbocycles. The van der Waals surface area contributed by atoms with Crippen LogP contribution in [0.2, 0.25) is 0 Å². The average Bonchev–Trinajstić information content (AvgIpc) is 3.41. The molecule has 3 aromatic rings. The normalized spacial score (nSPS) is 14.7. The molecular weight excluding hydrogens is 420 g/mol. The first kappa shape index (κ1) is 20.9. The number of hydrogen-bond donors (Lipinski definition) is 1. The van der Waals surface area contributed by atoms with Crippen LogP contribution in [0.4, 0.5) is 8.78 Å². The molecule has 0 bridgehead atoms. The highest BCUT2D eigenvalue weighted by molar-refractivity contribution is 7.11. The van der Waals surface area contributed by atoms with E-state index in [1.165, 1.54) is 47.7 Å². The number of esters is 1. The Kier molecular flexibility index (Phi) is 6.23. The summed E-state index contributed by atoms with van der Waals surface area (Å²) in [6.07, 6.45) is 2.13. The van der Waals surface area contributed by atoms with Gasteiger partial charge in [0.2, 0.25) is 6.10 Å². The monoisotopic (exact) mass is 439 g/mol. The Balaban J connectivity index is 1.64. The Morgan fingerprint density at radius 3 is 2.23 bits per heavy atom. The molecular formula is C24H19F2NO3S. The second-order valence-corrected chi connectivity index (χ2v) is 8.15. The molecule has 1 aromatic heterocycles. The summed E-state index contributed by atoms with van der Waals surface area (Å²) in [6, 6.07) is 14.6. The van der Waals surface area contributed by atoms with Crippen LogP contribution in [-0.4, -0.2) is 17.9 Å². The van der Waals surface area contributed by atoms with Crippen molar-refractivity contribution in [2.45, 2.75) is 25.0 Å². The van der Waals surface area contributed by atoms with Gasteiger partial charge >= 0.3 is 5.97 Å². The van der Waals surface area contributed by atoms with Crippen LogP contribution in [0.1, 0.15) is 34.9 Å². The number of carbonyl (C=O) groups is 2. The van der Waals surface area contributed by atoms with E-state index in [1.54, 1.807) is 30.3 Å². The van der Waals surface area contributed by atoms with Gasteiger partial charge in [-0.3, -0.25) is 4.79 Å². The van der Waals surface area contributed by atoms with Crippen molar-refractivity contribution in [2.75, 3.05) is 0 Å². The van der Waals surface area contributed by atoms with Crippen molar-refractivity contribution in [3.8, 4) is 0 Å². The number of rotatable bonds is 7. The Morgan fingerprint density at radius 1 is 1.00 bits per heavy atom. The number of carbonyl (C=O) groups excluding carboxylic acids is 2. The smallest absolute Gasteiger partial charge is 0.340 e. The van der Waals surface area contributed by atoms with E-state index < -0.39 is 23.8 Å². The fourth-order valence-electron chi connectivity index (χ4n) is 2.97. The highest BCUT2D eigenvalue weighted by Gasteiger charge is 2.32. The van der Waals surface area contributed by atoms with E-state index in [1.807, 2.05) is 5.38 Å². The molecule has 1 aliphatic rings. The number of nitrogens with one attached hydrogen (secondary N) is 1. The van der Waals surface area contributed by atoms with Crippen LogP contribution in [0.3, 0.4) is 0 Å². The third-order valence-electron chi connectivity index (χ3n) is 4.75. The zero-order valence-corrected chi connectivity index (χ0v) is 17.2. The van der Waals surface area contributed by atoms with Gasteiger partial charge in [0.15, 0.2) is 0 Å². The fourth-order valence-corrected chi connectivity index (χ4v) is 3.70. The molecule has 1 unspecified atom stereocenters. The van der Waals surface area contributed by atoms with Gasteiger partial charge < -0.3 is 10.1 Å². The van der Waals surface area contributed by atoms with E-state index in [2.05, 4.69) is 5.32 Å². The summed E-state index contributed by atoms with van der Waals surface area (Å²) in [4.78, 5) is 26.6. The average molecular weight is 439 g/mol. The molecule has 31 heavy (non-hydrogen) atoms. The number of thiophene rings is 1. The van der Waals surface area contributed by atoms with Crippen LogP contribution in [0.15, 0.2) is 66.0 Å². The Labute approximate surface area is 182 Å². The Hall–Kier alpha value is -3.32. The molecule has 1 amide bonds. The third-order valence-corrected chi connectivity index (χ3v) is 5.65. The highest BCUT2D eigenvalue weighted by Crippen LogP contribution is 2.29. The van der Waals surface area contributed by atoms with Crippen molar-refractivity contribution < 1.29 is 23.1 Å². The zero-order valence-electron chi connectivity index (χ0n) is 16.4. The maximum absolute atomic E-state index is 13.4. The summed E-state index contributed by atoms with van der Waals surface area (Å²) in [6.45, 7) is 0. The van der Waals surface area contributed by atoms with Gasteiger partial charge in [0, 0.05) is 16.5 Å². The molecule has 4 rings (SSSR count). The van der Waals surface area contributed by atoms with Crippen molar-refractivity contribution in [2.24, 2.45) is 0 Å². The Bertz CT molecular complexity index is 1090. The molecule has 1 N–H and O–H groups in total. The number of benzene rings is 2. The molecule has 0 aliphatic heterocycles. The van der Waals surface area contributed by atoms with Gasteiger partial charge in [-0.15, -0.1) is 11.3 Å². The lowest BCUT2D eigenvalue weighted by Crippen LogP contribution is -2.33. The van der Waals surface area contributed by atoms with Crippen LogP contribution in [0.25, 0.3) is 11.6 Å². The molecule has 1 heterocycles. The topological polar surface area (TPSA) is 55.4 Å². The summed E-state index contributed by atoms with van der Waals surface area (Å²) in [7, 11) is 0. The first-order valence-corrected chi connectivity index (χ1v) is 10.7. The first-order chi connectivity index (χ1) is 15.0. The van der Waals surface area contributed by atoms with Gasteiger partial charge in [-0.25, -0.2) is 13.6 Å². The van der Waals surface area contributed by atoms with Gasteiger partial charge in [0.1, 0.15) is 11.6 Å². The van der Waals surface area contributed by atoms with Crippen LogP contribution < -0.4 is 5.32 Å². The second-order valence-electron chi connectivity index (χ2n) is 7.21. The lowest BCUT2D eigenvalue weighted by molar-refractivity contribution is -0.151. The molecule has 7 heteroatoms. The van der Waals surface area contributed by atoms with Crippen LogP contribution in [-0.2, 0) is 14.3 Å². The van der Waals surface area contributed by atoms with Crippen molar-refractivity contribution >= 4 is 34.9 Å². The quantitative estimate of drug-likeness (QED) is 0.410. The van der Waals surface area contributed by atoms with E-state index in [9.17, 15) is 18.4 Å². The van der Waals surface area contributed by atoms with Crippen LogP contribution >= 0.6 is 11.3 Å². The van der Waals surface area contributed by atoms with Crippen molar-refractivity contribution in [3.05, 3.63) is 93.7 Å². The van der Waals surface area contributed by atoms with E-state index in [0.717, 1.165) is 12.8 Å². The second kappa shape index (κ2) is 9.22. The lowest BCUT2D eigenvalue weighted by atomic mass is 10.1. The van der Waals surface area contributed by atoms with E-state index in [-0.39, 0.29) is 17.4 Å². The number of halogens is 2. The molecule has 1 aliphatic carbocycles. The predicted molar refractivity (Wildman–Crippen MR) is 115 cm³/mol. The number of ether oxygens (including phenoxy) is 1. The van der Waals surface area contributed by atoms with Crippen LogP contribution in [0, 0.1) is 11.6 Å². The minimum atomic E-state index is -1.22. The summed E-state index contributed by atoms with van der Waals surface area (Å²) < 4.78 is 32.3. The van der Waals surface area contributed by atoms with E-state index in [4.69, 9.17) is 4.74 Å². The van der Waals surface area contributed by atoms with E-state index in [0.29, 0.717) is 16.0 Å². The summed E-state index contributed by atoms with van der Waals surface area (Å²) in [5, 5.41) is 4.65. The van der Waals surface area contributed by atoms with Gasteiger partial charge in [0.25, 0.3) is 5.91 Å². The molecule has 0 saturated heterocycles. The van der Waals surface area contributed by atoms with Gasteiger partial charge in [-0.05, 0) is 60.2 Å². The maximum Gasteiger partial charge on any atom is 0.340 e. The van der Waals surface area contributed by atoms with Crippen LogP contribution in [0.5, 0.6) is 0 Å². The predicted octanol–water partition coefficient (Wildman–Crippen LogP) is 5.13. The molecule has 158 valence electrons. The SMILES string of the molecule is O=C(OC(C(=O)NC1CC1)c1ccc(F)cc1)/C(=C/c1ccc(F)cc1)c1cccs1. The van der Waals surface area contributed by atoms with E-state index >= 15 is 0 Å².